The van der Waals surface area contributed by atoms with E-state index < -0.39 is 76.4 Å². The number of benzene rings is 3. The minimum absolute atomic E-state index is 0.0472. The molecule has 0 saturated carbocycles. The first-order valence-electron chi connectivity index (χ1n) is 16.0. The highest BCUT2D eigenvalue weighted by atomic mass is 19.2. The van der Waals surface area contributed by atoms with E-state index in [1.54, 1.807) is 13.8 Å². The van der Waals surface area contributed by atoms with E-state index in [0.717, 1.165) is 27.2 Å². The van der Waals surface area contributed by atoms with Crippen molar-refractivity contribution in [1.82, 2.24) is 24.4 Å². The highest BCUT2D eigenvalue weighted by molar-refractivity contribution is 5.91. The number of anilines is 1. The Hall–Kier alpha value is -6.13. The van der Waals surface area contributed by atoms with Crippen molar-refractivity contribution in [3.63, 3.8) is 0 Å². The number of carbonyl (C=O) groups excluding carboxylic acids is 3. The molecule has 2 aromatic heterocycles. The largest absolute Gasteiger partial charge is 0.448 e. The molecule has 2 aliphatic rings. The van der Waals surface area contributed by atoms with Gasteiger partial charge in [-0.1, -0.05) is 62.4 Å². The van der Waals surface area contributed by atoms with Crippen LogP contribution in [0.5, 0.6) is 5.75 Å². The Kier molecular flexibility index (Phi) is 8.72. The van der Waals surface area contributed by atoms with E-state index in [9.17, 15) is 41.1 Å². The number of imidazole rings is 1. The summed E-state index contributed by atoms with van der Waals surface area (Å²) >= 11 is 0. The van der Waals surface area contributed by atoms with Gasteiger partial charge in [0.1, 0.15) is 12.6 Å². The predicted molar refractivity (Wildman–Crippen MR) is 173 cm³/mol. The number of nitrogens with zero attached hydrogens (tertiary/aromatic N) is 4. The fourth-order valence-corrected chi connectivity index (χ4v) is 6.47. The van der Waals surface area contributed by atoms with Gasteiger partial charge in [-0.05, 0) is 22.3 Å². The van der Waals surface area contributed by atoms with Crippen LogP contribution >= 0.6 is 0 Å². The van der Waals surface area contributed by atoms with E-state index >= 15 is 0 Å². The van der Waals surface area contributed by atoms with Crippen molar-refractivity contribution in [1.29, 1.82) is 0 Å². The average molecular weight is 723 g/mol. The van der Waals surface area contributed by atoms with Crippen LogP contribution < -0.4 is 15.6 Å². The van der Waals surface area contributed by atoms with Gasteiger partial charge in [0.15, 0.2) is 11.2 Å². The summed E-state index contributed by atoms with van der Waals surface area (Å²) in [4.78, 5) is 64.1. The first-order chi connectivity index (χ1) is 24.8. The third kappa shape index (κ3) is 5.80. The molecule has 0 spiro atoms. The lowest BCUT2D eigenvalue weighted by Gasteiger charge is -2.24. The molecule has 12 nitrogen and oxygen atoms in total. The Morgan fingerprint density at radius 3 is 2.13 bits per heavy atom. The summed E-state index contributed by atoms with van der Waals surface area (Å²) in [6, 6.07) is 12.5. The van der Waals surface area contributed by atoms with E-state index in [-0.39, 0.29) is 42.6 Å². The van der Waals surface area contributed by atoms with Crippen LogP contribution in [0.1, 0.15) is 43.4 Å². The molecule has 0 radical (unpaired) electrons. The number of hydrogen-bond donors (Lipinski definition) is 2. The lowest BCUT2D eigenvalue weighted by atomic mass is 9.98. The zero-order valence-electron chi connectivity index (χ0n) is 27.3. The summed E-state index contributed by atoms with van der Waals surface area (Å²) in [7, 11) is 0. The van der Waals surface area contributed by atoms with Crippen molar-refractivity contribution in [3.05, 3.63) is 105 Å². The molecule has 2 atom stereocenters. The molecule has 3 heterocycles. The number of amides is 2. The first kappa shape index (κ1) is 34.3. The number of likely N-dealkylation sites (tertiary alicyclic amines) is 1. The first-order valence-corrected chi connectivity index (χ1v) is 16.0. The van der Waals surface area contributed by atoms with E-state index in [2.05, 4.69) is 20.3 Å². The van der Waals surface area contributed by atoms with Crippen molar-refractivity contribution >= 4 is 35.1 Å². The smallest absolute Gasteiger partial charge is 0.410 e. The Morgan fingerprint density at radius 2 is 1.52 bits per heavy atom. The molecule has 2 N–H and O–H groups in total. The Morgan fingerprint density at radius 1 is 0.923 bits per heavy atom. The number of nitrogens with one attached hydrogen (secondary N) is 2. The van der Waals surface area contributed by atoms with Crippen LogP contribution in [-0.4, -0.2) is 61.6 Å². The number of carbonyl (C=O) groups is 3. The molecular formula is C35H27F5N6O6. The Bertz CT molecular complexity index is 2270. The molecule has 2 amide bonds. The maximum absolute atomic E-state index is 14.5. The van der Waals surface area contributed by atoms with Crippen LogP contribution in [0.3, 0.4) is 0 Å². The highest BCUT2D eigenvalue weighted by Crippen LogP contribution is 2.45. The Balaban J connectivity index is 1.21. The van der Waals surface area contributed by atoms with Gasteiger partial charge in [-0.2, -0.15) is 13.8 Å². The normalized spacial score (nSPS) is 16.7. The van der Waals surface area contributed by atoms with Gasteiger partial charge in [0.05, 0.1) is 12.4 Å². The molecule has 17 heteroatoms. The predicted octanol–water partition coefficient (Wildman–Crippen LogP) is 5.58. The second-order valence-corrected chi connectivity index (χ2v) is 12.6. The van der Waals surface area contributed by atoms with Gasteiger partial charge in [0, 0.05) is 24.8 Å². The van der Waals surface area contributed by atoms with Gasteiger partial charge in [0.2, 0.25) is 46.7 Å². The van der Waals surface area contributed by atoms with Crippen molar-refractivity contribution in [2.24, 2.45) is 5.92 Å². The number of fused-ring (bicyclic) bond motifs is 4. The second-order valence-electron chi connectivity index (χ2n) is 12.6. The summed E-state index contributed by atoms with van der Waals surface area (Å²) in [6.45, 7) is 2.73. The number of rotatable bonds is 7. The minimum atomic E-state index is -2.45. The van der Waals surface area contributed by atoms with Gasteiger partial charge in [-0.25, -0.2) is 27.7 Å². The van der Waals surface area contributed by atoms with Crippen molar-refractivity contribution in [2.75, 3.05) is 18.5 Å². The number of hydrogen-bond acceptors (Lipinski definition) is 8. The zero-order valence-corrected chi connectivity index (χ0v) is 27.3. The van der Waals surface area contributed by atoms with Gasteiger partial charge in [-0.3, -0.25) is 24.8 Å². The number of esters is 1. The molecular weight excluding hydrogens is 695 g/mol. The maximum Gasteiger partial charge on any atom is 0.410 e. The summed E-state index contributed by atoms with van der Waals surface area (Å²) in [5.74, 6) is -16.8. The standard InChI is InChI=1S/C35H27F5N6O6/c1-15(2)31(47)43-34-42-30-28(32(48)44-34)41-14-46(30)16-11-22(33(49)52-29-26(39)24(37)23(36)25(38)27(29)40)45(12-16)35(50)51-13-21-19-9-5-3-7-17(19)18-8-4-6-10-20(18)21/h3-10,14-16,21-22H,11-13H2,1-2H3,(H2,42,43,44,47,48)/t16-,22-/m1/s1. The second kappa shape index (κ2) is 13.2. The maximum atomic E-state index is 14.5. The molecule has 3 aromatic carbocycles. The fraction of sp³-hybridized carbons (Fsp3) is 0.257. The van der Waals surface area contributed by atoms with E-state index in [4.69, 9.17) is 9.47 Å². The van der Waals surface area contributed by atoms with Crippen LogP contribution in [-0.2, 0) is 14.3 Å². The fourth-order valence-electron chi connectivity index (χ4n) is 6.47. The molecule has 0 unspecified atom stereocenters. The number of aromatic nitrogens is 4. The van der Waals surface area contributed by atoms with Crippen LogP contribution in [0, 0.1) is 35.0 Å². The summed E-state index contributed by atoms with van der Waals surface area (Å²) in [6.07, 6.45) is -0.199. The van der Waals surface area contributed by atoms with E-state index in [1.165, 1.54) is 10.9 Å². The SMILES string of the molecule is CC(C)C(=O)Nc1nc2c(ncn2[C@@H]2C[C@H](C(=O)Oc3c(F)c(F)c(F)c(F)c3F)N(C(=O)OCC3c4ccccc4-c4ccccc43)C2)c(=O)[nH]1. The highest BCUT2D eigenvalue weighted by Gasteiger charge is 2.44. The van der Waals surface area contributed by atoms with Crippen molar-refractivity contribution in [2.45, 2.75) is 38.3 Å². The number of aromatic amines is 1. The number of ether oxygens (including phenoxy) is 2. The van der Waals surface area contributed by atoms with Crippen LogP contribution in [0.25, 0.3) is 22.3 Å². The van der Waals surface area contributed by atoms with E-state index in [0.29, 0.717) is 0 Å². The summed E-state index contributed by atoms with van der Waals surface area (Å²) in [5.41, 5.74) is 2.76. The molecule has 0 bridgehead atoms. The quantitative estimate of drug-likeness (QED) is 0.0728. The zero-order chi connectivity index (χ0) is 37.0. The van der Waals surface area contributed by atoms with Crippen LogP contribution in [0.4, 0.5) is 32.7 Å². The van der Waals surface area contributed by atoms with Gasteiger partial charge in [-0.15, -0.1) is 0 Å². The average Bonchev–Trinajstić information content (AvgIpc) is 3.85. The summed E-state index contributed by atoms with van der Waals surface area (Å²) < 4.78 is 82.6. The Labute approximate surface area is 290 Å². The topological polar surface area (TPSA) is 149 Å². The molecule has 268 valence electrons. The molecule has 5 aromatic rings. The lowest BCUT2D eigenvalue weighted by molar-refractivity contribution is -0.139. The minimum Gasteiger partial charge on any atom is -0.448 e. The van der Waals surface area contributed by atoms with Gasteiger partial charge in [0.25, 0.3) is 5.56 Å². The van der Waals surface area contributed by atoms with Crippen LogP contribution in [0.15, 0.2) is 59.7 Å². The number of halogens is 5. The molecule has 52 heavy (non-hydrogen) atoms. The van der Waals surface area contributed by atoms with Crippen molar-refractivity contribution in [3.8, 4) is 16.9 Å². The number of H-pyrrole nitrogens is 1. The van der Waals surface area contributed by atoms with Gasteiger partial charge >= 0.3 is 12.1 Å². The van der Waals surface area contributed by atoms with Gasteiger partial charge < -0.3 is 14.0 Å². The monoisotopic (exact) mass is 722 g/mol. The van der Waals surface area contributed by atoms with Crippen molar-refractivity contribution < 1.29 is 45.8 Å². The molecule has 1 saturated heterocycles. The molecule has 1 aliphatic heterocycles. The third-order valence-electron chi connectivity index (χ3n) is 9.09. The molecule has 1 aliphatic carbocycles. The lowest BCUT2D eigenvalue weighted by Crippen LogP contribution is -2.43. The molecule has 7 rings (SSSR count). The van der Waals surface area contributed by atoms with Crippen LogP contribution in [0.2, 0.25) is 0 Å². The summed E-state index contributed by atoms with van der Waals surface area (Å²) in [5, 5.41) is 2.48. The third-order valence-corrected chi connectivity index (χ3v) is 9.09. The molecule has 1 fully saturated rings. The van der Waals surface area contributed by atoms with E-state index in [1.807, 2.05) is 48.5 Å².